The van der Waals surface area contributed by atoms with Crippen LogP contribution < -0.4 is 14.8 Å². The number of thioether (sulfide) groups is 1. The lowest BCUT2D eigenvalue weighted by Crippen LogP contribution is -2.24. The molecule has 6 heteroatoms. The van der Waals surface area contributed by atoms with E-state index in [1.165, 1.54) is 11.8 Å². The van der Waals surface area contributed by atoms with Crippen LogP contribution in [-0.2, 0) is 11.3 Å². The van der Waals surface area contributed by atoms with Crippen LogP contribution in [0.25, 0.3) is 0 Å². The van der Waals surface area contributed by atoms with Crippen molar-refractivity contribution in [1.29, 1.82) is 0 Å². The molecule has 0 saturated carbocycles. The second-order valence-corrected chi connectivity index (χ2v) is 6.19. The molecule has 0 radical (unpaired) electrons. The number of methoxy groups -OCH3 is 2. The van der Waals surface area contributed by atoms with Gasteiger partial charge >= 0.3 is 0 Å². The molecule has 0 heterocycles. The van der Waals surface area contributed by atoms with Gasteiger partial charge in [-0.2, -0.15) is 0 Å². The van der Waals surface area contributed by atoms with Crippen molar-refractivity contribution in [1.82, 2.24) is 5.32 Å². The van der Waals surface area contributed by atoms with Gasteiger partial charge in [0, 0.05) is 16.5 Å². The zero-order chi connectivity index (χ0) is 16.7. The topological polar surface area (TPSA) is 47.6 Å². The molecule has 0 unspecified atom stereocenters. The Morgan fingerprint density at radius 3 is 2.43 bits per heavy atom. The molecule has 2 aromatic rings. The van der Waals surface area contributed by atoms with Gasteiger partial charge < -0.3 is 14.8 Å². The van der Waals surface area contributed by atoms with Crippen molar-refractivity contribution in [3.05, 3.63) is 53.1 Å². The highest BCUT2D eigenvalue weighted by molar-refractivity contribution is 8.00. The third-order valence-corrected chi connectivity index (χ3v) is 4.39. The van der Waals surface area contributed by atoms with Crippen LogP contribution in [0.5, 0.6) is 11.5 Å². The Hall–Kier alpha value is -1.85. The van der Waals surface area contributed by atoms with Gasteiger partial charge in [0.05, 0.1) is 20.0 Å². The molecule has 0 aliphatic rings. The summed E-state index contributed by atoms with van der Waals surface area (Å²) in [7, 11) is 3.18. The average molecular weight is 352 g/mol. The standard InChI is InChI=1S/C17H18ClNO3S/c1-21-15-8-3-12(9-16(15)22-2)10-19-17(20)11-23-14-6-4-13(18)5-7-14/h3-9H,10-11H2,1-2H3,(H,19,20). The van der Waals surface area contributed by atoms with Crippen LogP contribution in [0.4, 0.5) is 0 Å². The van der Waals surface area contributed by atoms with Crippen molar-refractivity contribution in [2.24, 2.45) is 0 Å². The van der Waals surface area contributed by atoms with Gasteiger partial charge in [0.2, 0.25) is 5.91 Å². The number of carbonyl (C=O) groups is 1. The Morgan fingerprint density at radius 1 is 1.09 bits per heavy atom. The van der Waals surface area contributed by atoms with Gasteiger partial charge in [0.1, 0.15) is 0 Å². The molecule has 0 saturated heterocycles. The van der Waals surface area contributed by atoms with E-state index in [9.17, 15) is 4.79 Å². The maximum Gasteiger partial charge on any atom is 0.230 e. The van der Waals surface area contributed by atoms with Gasteiger partial charge in [0.25, 0.3) is 0 Å². The second-order valence-electron chi connectivity index (χ2n) is 4.71. The van der Waals surface area contributed by atoms with Gasteiger partial charge in [-0.15, -0.1) is 11.8 Å². The van der Waals surface area contributed by atoms with Crippen molar-refractivity contribution in [2.75, 3.05) is 20.0 Å². The maximum absolute atomic E-state index is 11.9. The minimum absolute atomic E-state index is 0.0280. The van der Waals surface area contributed by atoms with Crippen LogP contribution >= 0.6 is 23.4 Å². The monoisotopic (exact) mass is 351 g/mol. The van der Waals surface area contributed by atoms with E-state index in [-0.39, 0.29) is 5.91 Å². The number of hydrogen-bond donors (Lipinski definition) is 1. The fraction of sp³-hybridized carbons (Fsp3) is 0.235. The summed E-state index contributed by atoms with van der Waals surface area (Å²) in [6.07, 6.45) is 0. The first-order valence-electron chi connectivity index (χ1n) is 6.98. The molecule has 2 aromatic carbocycles. The first-order valence-corrected chi connectivity index (χ1v) is 8.34. The highest BCUT2D eigenvalue weighted by Crippen LogP contribution is 2.27. The predicted molar refractivity (Wildman–Crippen MR) is 93.6 cm³/mol. The van der Waals surface area contributed by atoms with Crippen molar-refractivity contribution in [3.63, 3.8) is 0 Å². The van der Waals surface area contributed by atoms with Crippen molar-refractivity contribution in [2.45, 2.75) is 11.4 Å². The number of ether oxygens (including phenoxy) is 2. The van der Waals surface area contributed by atoms with Crippen molar-refractivity contribution < 1.29 is 14.3 Å². The second kappa shape index (κ2) is 8.70. The molecule has 0 atom stereocenters. The largest absolute Gasteiger partial charge is 0.493 e. The minimum Gasteiger partial charge on any atom is -0.493 e. The van der Waals surface area contributed by atoms with Crippen LogP contribution in [0.1, 0.15) is 5.56 Å². The molecule has 23 heavy (non-hydrogen) atoms. The maximum atomic E-state index is 11.9. The molecule has 2 rings (SSSR count). The zero-order valence-corrected chi connectivity index (χ0v) is 14.5. The van der Waals surface area contributed by atoms with Gasteiger partial charge in [-0.3, -0.25) is 4.79 Å². The van der Waals surface area contributed by atoms with E-state index in [2.05, 4.69) is 5.32 Å². The number of hydrogen-bond acceptors (Lipinski definition) is 4. The van der Waals surface area contributed by atoms with Crippen LogP contribution in [-0.4, -0.2) is 25.9 Å². The number of rotatable bonds is 7. The van der Waals surface area contributed by atoms with Gasteiger partial charge in [0.15, 0.2) is 11.5 Å². The molecular formula is C17H18ClNO3S. The van der Waals surface area contributed by atoms with E-state index in [0.29, 0.717) is 28.8 Å². The number of halogens is 1. The van der Waals surface area contributed by atoms with E-state index >= 15 is 0 Å². The fourth-order valence-corrected chi connectivity index (χ4v) is 2.78. The molecule has 0 aromatic heterocycles. The van der Waals surface area contributed by atoms with Gasteiger partial charge in [-0.1, -0.05) is 17.7 Å². The third-order valence-electron chi connectivity index (χ3n) is 3.12. The number of carbonyl (C=O) groups excluding carboxylic acids is 1. The Balaban J connectivity index is 1.83. The molecule has 1 N–H and O–H groups in total. The summed E-state index contributed by atoms with van der Waals surface area (Å²) < 4.78 is 10.4. The third kappa shape index (κ3) is 5.37. The Bertz CT molecular complexity index is 661. The molecule has 0 spiro atoms. The number of amides is 1. The van der Waals surface area contributed by atoms with E-state index in [0.717, 1.165) is 10.5 Å². The van der Waals surface area contributed by atoms with Crippen LogP contribution in [0.3, 0.4) is 0 Å². The lowest BCUT2D eigenvalue weighted by molar-refractivity contribution is -0.118. The van der Waals surface area contributed by atoms with Gasteiger partial charge in [-0.05, 0) is 42.0 Å². The van der Waals surface area contributed by atoms with Crippen molar-refractivity contribution in [3.8, 4) is 11.5 Å². The molecule has 0 fully saturated rings. The Morgan fingerprint density at radius 2 is 1.78 bits per heavy atom. The first kappa shape index (κ1) is 17.5. The lowest BCUT2D eigenvalue weighted by Gasteiger charge is -2.10. The fourth-order valence-electron chi connectivity index (χ4n) is 1.92. The number of nitrogens with one attached hydrogen (secondary N) is 1. The molecule has 122 valence electrons. The number of benzene rings is 2. The molecule has 0 aliphatic carbocycles. The highest BCUT2D eigenvalue weighted by Gasteiger charge is 2.07. The average Bonchev–Trinajstić information content (AvgIpc) is 2.59. The summed E-state index contributed by atoms with van der Waals surface area (Å²) >= 11 is 7.30. The van der Waals surface area contributed by atoms with E-state index in [1.807, 2.05) is 42.5 Å². The summed E-state index contributed by atoms with van der Waals surface area (Å²) in [5.74, 6) is 1.64. The summed E-state index contributed by atoms with van der Waals surface area (Å²) in [5, 5.41) is 3.57. The van der Waals surface area contributed by atoms with Crippen LogP contribution in [0, 0.1) is 0 Å². The minimum atomic E-state index is -0.0280. The Kier molecular flexibility index (Phi) is 6.62. The van der Waals surface area contributed by atoms with Gasteiger partial charge in [-0.25, -0.2) is 0 Å². The predicted octanol–water partition coefficient (Wildman–Crippen LogP) is 3.77. The van der Waals surface area contributed by atoms with E-state index in [1.54, 1.807) is 14.2 Å². The molecular weight excluding hydrogens is 334 g/mol. The quantitative estimate of drug-likeness (QED) is 0.771. The molecule has 0 aliphatic heterocycles. The molecule has 0 bridgehead atoms. The summed E-state index contributed by atoms with van der Waals surface area (Å²) in [6.45, 7) is 0.445. The SMILES string of the molecule is COc1ccc(CNC(=O)CSc2ccc(Cl)cc2)cc1OC. The van der Waals surface area contributed by atoms with Crippen LogP contribution in [0.15, 0.2) is 47.4 Å². The smallest absolute Gasteiger partial charge is 0.230 e. The van der Waals surface area contributed by atoms with E-state index < -0.39 is 0 Å². The lowest BCUT2D eigenvalue weighted by atomic mass is 10.2. The zero-order valence-electron chi connectivity index (χ0n) is 13.0. The Labute approximate surface area is 145 Å². The first-order chi connectivity index (χ1) is 11.1. The normalized spacial score (nSPS) is 10.2. The van der Waals surface area contributed by atoms with Crippen molar-refractivity contribution >= 4 is 29.3 Å². The molecule has 1 amide bonds. The van der Waals surface area contributed by atoms with Crippen LogP contribution in [0.2, 0.25) is 5.02 Å². The summed E-state index contributed by atoms with van der Waals surface area (Å²) in [6, 6.07) is 13.0. The summed E-state index contributed by atoms with van der Waals surface area (Å²) in [4.78, 5) is 12.9. The summed E-state index contributed by atoms with van der Waals surface area (Å²) in [5.41, 5.74) is 0.951. The van der Waals surface area contributed by atoms with E-state index in [4.69, 9.17) is 21.1 Å². The molecule has 4 nitrogen and oxygen atoms in total. The highest BCUT2D eigenvalue weighted by atomic mass is 35.5.